The fourth-order valence-corrected chi connectivity index (χ4v) is 7.11. The summed E-state index contributed by atoms with van der Waals surface area (Å²) in [6, 6.07) is 8.10. The fourth-order valence-electron chi connectivity index (χ4n) is 7.11. The second kappa shape index (κ2) is 10.8. The van der Waals surface area contributed by atoms with Gasteiger partial charge in [-0.2, -0.15) is 0 Å². The van der Waals surface area contributed by atoms with Crippen LogP contribution in [-0.2, 0) is 9.59 Å². The van der Waals surface area contributed by atoms with Gasteiger partial charge in [-0.15, -0.1) is 12.3 Å². The van der Waals surface area contributed by atoms with Gasteiger partial charge in [0, 0.05) is 30.5 Å². The van der Waals surface area contributed by atoms with Gasteiger partial charge in [0.1, 0.15) is 6.61 Å². The number of carbonyl (C=O) groups excluding carboxylic acids is 2. The number of nitrogens with zero attached hydrogens (tertiary/aromatic N) is 1. The van der Waals surface area contributed by atoms with Gasteiger partial charge < -0.3 is 15.1 Å². The number of terminal acetylenes is 1. The van der Waals surface area contributed by atoms with Crippen LogP contribution in [0.1, 0.15) is 84.1 Å². The van der Waals surface area contributed by atoms with Crippen LogP contribution in [0.15, 0.2) is 47.1 Å². The van der Waals surface area contributed by atoms with Crippen molar-refractivity contribution in [1.82, 2.24) is 0 Å². The third-order valence-electron chi connectivity index (χ3n) is 9.31. The van der Waals surface area contributed by atoms with E-state index in [-0.39, 0.29) is 34.5 Å². The third kappa shape index (κ3) is 5.40. The standard InChI is InChI=1S/C27H33NO4.C6H10/c1-27-14-22(16-3-6-18(7-4-16)28(2)25(32)15-29)26-20-10-8-19(30)13-17(20)5-9-21(26)23(27)11-12-24(27)31;1-5-6(2,3)4/h3-4,6-7,13,21-24,29,31H,5,8-12,14-15H2,1-2H3;1H,2-4H3. The monoisotopic (exact) mass is 517 g/mol. The van der Waals surface area contributed by atoms with Gasteiger partial charge in [0.2, 0.25) is 0 Å². The molecule has 4 aliphatic carbocycles. The van der Waals surface area contributed by atoms with Gasteiger partial charge >= 0.3 is 0 Å². The SMILES string of the molecule is C#CC(C)(C)C.CN(C(=O)CO)c1ccc(C2CC3(C)C(O)CCC3C3CCC4=CC(=O)CCC4=C23)cc1. The van der Waals surface area contributed by atoms with E-state index in [2.05, 4.69) is 25.0 Å². The van der Waals surface area contributed by atoms with Gasteiger partial charge in [-0.05, 0) is 111 Å². The van der Waals surface area contributed by atoms with Crippen molar-refractivity contribution in [2.24, 2.45) is 22.7 Å². The van der Waals surface area contributed by atoms with Gasteiger partial charge in [-0.1, -0.05) is 24.6 Å². The molecule has 1 aromatic carbocycles. The highest BCUT2D eigenvalue weighted by molar-refractivity contribution is 5.94. The Balaban J connectivity index is 0.000000505. The summed E-state index contributed by atoms with van der Waals surface area (Å²) in [6.07, 6.45) is 13.0. The minimum Gasteiger partial charge on any atom is -0.393 e. The summed E-state index contributed by atoms with van der Waals surface area (Å²) in [5.74, 6) is 3.70. The maximum atomic E-state index is 12.1. The van der Waals surface area contributed by atoms with E-state index < -0.39 is 6.61 Å². The van der Waals surface area contributed by atoms with Crippen LogP contribution in [0.3, 0.4) is 0 Å². The first-order valence-electron chi connectivity index (χ1n) is 14.0. The van der Waals surface area contributed by atoms with Crippen molar-refractivity contribution in [2.45, 2.75) is 84.7 Å². The van der Waals surface area contributed by atoms with Crippen LogP contribution in [0.5, 0.6) is 0 Å². The zero-order valence-electron chi connectivity index (χ0n) is 23.6. The first-order chi connectivity index (χ1) is 17.9. The molecule has 38 heavy (non-hydrogen) atoms. The smallest absolute Gasteiger partial charge is 0.252 e. The first-order valence-corrected chi connectivity index (χ1v) is 14.0. The molecule has 2 N–H and O–H groups in total. The molecule has 5 atom stereocenters. The van der Waals surface area contributed by atoms with Crippen LogP contribution >= 0.6 is 0 Å². The van der Waals surface area contributed by atoms with Gasteiger partial charge in [0.15, 0.2) is 5.78 Å². The molecule has 5 unspecified atom stereocenters. The lowest BCUT2D eigenvalue weighted by molar-refractivity contribution is -0.121. The van der Waals surface area contributed by atoms with E-state index >= 15 is 0 Å². The molecule has 1 amide bonds. The zero-order valence-corrected chi connectivity index (χ0v) is 23.6. The number of likely N-dealkylation sites (N-methyl/N-ethyl adjacent to an activating group) is 1. The molecular weight excluding hydrogens is 474 g/mol. The lowest BCUT2D eigenvalue weighted by atomic mass is 9.53. The number of hydrogen-bond donors (Lipinski definition) is 2. The van der Waals surface area contributed by atoms with E-state index in [1.807, 2.05) is 39.0 Å². The molecule has 0 heterocycles. The lowest BCUT2D eigenvalue weighted by Crippen LogP contribution is -2.45. The fraction of sp³-hybridized carbons (Fsp3) is 0.576. The van der Waals surface area contributed by atoms with E-state index in [1.165, 1.54) is 27.2 Å². The van der Waals surface area contributed by atoms with Crippen LogP contribution in [-0.4, -0.2) is 41.7 Å². The molecule has 5 heteroatoms. The van der Waals surface area contributed by atoms with Crippen molar-refractivity contribution >= 4 is 17.4 Å². The quantitative estimate of drug-likeness (QED) is 0.514. The summed E-state index contributed by atoms with van der Waals surface area (Å²) in [5, 5.41) is 20.1. The topological polar surface area (TPSA) is 77.8 Å². The Kier molecular flexibility index (Phi) is 8.07. The summed E-state index contributed by atoms with van der Waals surface area (Å²) in [5.41, 5.74) is 6.11. The molecule has 204 valence electrons. The number of anilines is 1. The van der Waals surface area contributed by atoms with Crippen LogP contribution in [0.25, 0.3) is 0 Å². The summed E-state index contributed by atoms with van der Waals surface area (Å²) in [6.45, 7) is 7.79. The predicted octanol–water partition coefficient (Wildman–Crippen LogP) is 5.57. The highest BCUT2D eigenvalue weighted by Gasteiger charge is 2.56. The van der Waals surface area contributed by atoms with E-state index in [0.717, 1.165) is 44.2 Å². The predicted molar refractivity (Wildman–Crippen MR) is 151 cm³/mol. The normalized spacial score (nSPS) is 30.2. The highest BCUT2D eigenvalue weighted by atomic mass is 16.3. The summed E-state index contributed by atoms with van der Waals surface area (Å²) in [7, 11) is 1.67. The van der Waals surface area contributed by atoms with Crippen molar-refractivity contribution in [1.29, 1.82) is 0 Å². The number of hydrogen-bond acceptors (Lipinski definition) is 4. The minimum absolute atomic E-state index is 0.0694. The number of allylic oxidation sites excluding steroid dienone is 4. The first kappa shape index (κ1) is 28.3. The van der Waals surface area contributed by atoms with E-state index in [9.17, 15) is 19.8 Å². The van der Waals surface area contributed by atoms with E-state index in [1.54, 1.807) is 7.05 Å². The Morgan fingerprint density at radius 1 is 1.13 bits per heavy atom. The number of aliphatic hydroxyl groups excluding tert-OH is 2. The second-order valence-electron chi connectivity index (χ2n) is 12.8. The van der Waals surface area contributed by atoms with Crippen LogP contribution in [0.4, 0.5) is 5.69 Å². The van der Waals surface area contributed by atoms with Crippen molar-refractivity contribution in [3.63, 3.8) is 0 Å². The van der Waals surface area contributed by atoms with Crippen molar-refractivity contribution in [3.8, 4) is 12.3 Å². The van der Waals surface area contributed by atoms with E-state index in [4.69, 9.17) is 6.42 Å². The largest absolute Gasteiger partial charge is 0.393 e. The Morgan fingerprint density at radius 3 is 2.39 bits per heavy atom. The Labute approximate surface area is 228 Å². The summed E-state index contributed by atoms with van der Waals surface area (Å²) in [4.78, 5) is 25.5. The summed E-state index contributed by atoms with van der Waals surface area (Å²) < 4.78 is 0. The molecule has 5 rings (SSSR count). The van der Waals surface area contributed by atoms with Crippen LogP contribution in [0.2, 0.25) is 0 Å². The van der Waals surface area contributed by atoms with Crippen molar-refractivity contribution < 1.29 is 19.8 Å². The van der Waals surface area contributed by atoms with Crippen molar-refractivity contribution in [2.75, 3.05) is 18.6 Å². The number of benzene rings is 1. The van der Waals surface area contributed by atoms with Gasteiger partial charge in [-0.25, -0.2) is 0 Å². The lowest BCUT2D eigenvalue weighted by Gasteiger charge is -2.52. The average Bonchev–Trinajstić information content (AvgIpc) is 3.20. The Hall–Kier alpha value is -2.68. The molecule has 0 aromatic heterocycles. The Bertz CT molecular complexity index is 1180. The van der Waals surface area contributed by atoms with Crippen LogP contribution < -0.4 is 4.90 Å². The maximum Gasteiger partial charge on any atom is 0.252 e. The molecule has 0 saturated heterocycles. The third-order valence-corrected chi connectivity index (χ3v) is 9.31. The minimum atomic E-state index is -0.510. The average molecular weight is 518 g/mol. The van der Waals surface area contributed by atoms with Gasteiger partial charge in [0.05, 0.1) is 6.10 Å². The number of carbonyl (C=O) groups is 2. The second-order valence-corrected chi connectivity index (χ2v) is 12.8. The number of ketones is 1. The molecule has 0 bridgehead atoms. The molecule has 2 fully saturated rings. The molecule has 0 aliphatic heterocycles. The number of amides is 1. The van der Waals surface area contributed by atoms with Gasteiger partial charge in [-0.3, -0.25) is 9.59 Å². The molecule has 2 saturated carbocycles. The number of fused-ring (bicyclic) bond motifs is 4. The zero-order chi connectivity index (χ0) is 27.8. The Morgan fingerprint density at radius 2 is 1.79 bits per heavy atom. The molecule has 1 aromatic rings. The van der Waals surface area contributed by atoms with Crippen LogP contribution in [0, 0.1) is 35.0 Å². The van der Waals surface area contributed by atoms with E-state index in [0.29, 0.717) is 18.3 Å². The van der Waals surface area contributed by atoms with Crippen molar-refractivity contribution in [3.05, 3.63) is 52.6 Å². The molecule has 0 spiro atoms. The van der Waals surface area contributed by atoms with Gasteiger partial charge in [0.25, 0.3) is 5.91 Å². The summed E-state index contributed by atoms with van der Waals surface area (Å²) >= 11 is 0. The molecule has 4 aliphatic rings. The molecular formula is C33H43NO4. The molecule has 0 radical (unpaired) electrons. The molecule has 5 nitrogen and oxygen atoms in total. The number of rotatable bonds is 3. The maximum absolute atomic E-state index is 12.1. The highest BCUT2D eigenvalue weighted by Crippen LogP contribution is 2.63. The number of aliphatic hydroxyl groups is 2.